The fraction of sp³-hybridized carbons (Fsp3) is 0.111. The third-order valence-electron chi connectivity index (χ3n) is 6.93. The second-order valence-electron chi connectivity index (χ2n) is 9.84. The second kappa shape index (κ2) is 13.5. The molecule has 0 unspecified atom stereocenters. The van der Waals surface area contributed by atoms with Crippen LogP contribution in [-0.4, -0.2) is 36.4 Å². The van der Waals surface area contributed by atoms with Gasteiger partial charge in [-0.3, -0.25) is 9.59 Å². The van der Waals surface area contributed by atoms with Gasteiger partial charge in [0.2, 0.25) is 0 Å². The molecule has 5 rings (SSSR count). The van der Waals surface area contributed by atoms with Gasteiger partial charge in [-0.25, -0.2) is 0 Å². The van der Waals surface area contributed by atoms with Crippen LogP contribution in [0.2, 0.25) is 0 Å². The molecule has 0 amide bonds. The van der Waals surface area contributed by atoms with E-state index in [-0.39, 0.29) is 35.5 Å². The predicted molar refractivity (Wildman–Crippen MR) is 165 cm³/mol. The van der Waals surface area contributed by atoms with Gasteiger partial charge in [0.25, 0.3) is 0 Å². The molecule has 0 aliphatic carbocycles. The van der Waals surface area contributed by atoms with Gasteiger partial charge in [0.15, 0.2) is 23.0 Å². The fourth-order valence-corrected chi connectivity index (χ4v) is 4.75. The van der Waals surface area contributed by atoms with Crippen LogP contribution in [0.3, 0.4) is 0 Å². The molecular formula is C36H30O8. The van der Waals surface area contributed by atoms with Gasteiger partial charge in [-0.05, 0) is 46.5 Å². The van der Waals surface area contributed by atoms with Crippen molar-refractivity contribution < 1.29 is 38.7 Å². The average molecular weight is 591 g/mol. The van der Waals surface area contributed by atoms with Crippen LogP contribution in [0.5, 0.6) is 34.5 Å². The molecule has 44 heavy (non-hydrogen) atoms. The van der Waals surface area contributed by atoms with Crippen molar-refractivity contribution in [2.75, 3.05) is 14.2 Å². The molecular weight excluding hydrogens is 560 g/mol. The Morgan fingerprint density at radius 3 is 1.18 bits per heavy atom. The van der Waals surface area contributed by atoms with E-state index >= 15 is 0 Å². The maximum atomic E-state index is 13.4. The lowest BCUT2D eigenvalue weighted by Gasteiger charge is -2.21. The monoisotopic (exact) mass is 590 g/mol. The van der Waals surface area contributed by atoms with Crippen LogP contribution in [-0.2, 0) is 22.4 Å². The Kier molecular flexibility index (Phi) is 9.10. The summed E-state index contributed by atoms with van der Waals surface area (Å²) in [5, 5.41) is 22.9. The van der Waals surface area contributed by atoms with Crippen LogP contribution in [0.4, 0.5) is 0 Å². The van der Waals surface area contributed by atoms with Crippen molar-refractivity contribution in [1.82, 2.24) is 0 Å². The standard InChI is InChI=1S/C36H30O8/c1-41-27-17-13-25(14-18-27)31-33(39)34(40)32(26-15-19-28(42-2)20-16-26)36(44-30(38)22-24-11-7-4-8-12-24)35(31)43-29(37)21-23-9-5-3-6-10-23/h3-20,39-40H,21-22H2,1-2H3. The Balaban J connectivity index is 1.71. The molecule has 8 heteroatoms. The van der Waals surface area contributed by atoms with Gasteiger partial charge < -0.3 is 29.2 Å². The summed E-state index contributed by atoms with van der Waals surface area (Å²) in [6, 6.07) is 31.1. The Hall–Kier alpha value is -5.76. The summed E-state index contributed by atoms with van der Waals surface area (Å²) < 4.78 is 22.4. The first-order valence-corrected chi connectivity index (χ1v) is 13.8. The number of carbonyl (C=O) groups excluding carboxylic acids is 2. The third kappa shape index (κ3) is 6.65. The highest BCUT2D eigenvalue weighted by Crippen LogP contribution is 2.56. The molecule has 0 spiro atoms. The molecule has 5 aromatic rings. The maximum absolute atomic E-state index is 13.4. The Morgan fingerprint density at radius 1 is 0.523 bits per heavy atom. The average Bonchev–Trinajstić information content (AvgIpc) is 3.05. The van der Waals surface area contributed by atoms with E-state index in [9.17, 15) is 19.8 Å². The summed E-state index contributed by atoms with van der Waals surface area (Å²) in [6.07, 6.45) is -0.195. The number of phenols is 2. The Bertz CT molecular complexity index is 1620. The molecule has 0 saturated heterocycles. The Labute approximate surface area is 254 Å². The summed E-state index contributed by atoms with van der Waals surface area (Å²) in [6.45, 7) is 0. The zero-order valence-electron chi connectivity index (χ0n) is 24.2. The minimum Gasteiger partial charge on any atom is -0.504 e. The zero-order valence-corrected chi connectivity index (χ0v) is 24.2. The van der Waals surface area contributed by atoms with Gasteiger partial charge in [-0.1, -0.05) is 84.9 Å². The highest BCUT2D eigenvalue weighted by atomic mass is 16.6. The van der Waals surface area contributed by atoms with E-state index in [4.69, 9.17) is 18.9 Å². The number of hydrogen-bond donors (Lipinski definition) is 2. The lowest BCUT2D eigenvalue weighted by atomic mass is 9.95. The highest BCUT2D eigenvalue weighted by molar-refractivity contribution is 5.96. The summed E-state index contributed by atoms with van der Waals surface area (Å²) in [7, 11) is 3.03. The first-order valence-electron chi connectivity index (χ1n) is 13.8. The van der Waals surface area contributed by atoms with Crippen molar-refractivity contribution in [3.8, 4) is 56.8 Å². The van der Waals surface area contributed by atoms with Gasteiger partial charge in [0.1, 0.15) is 11.5 Å². The number of phenolic OH excluding ortho intramolecular Hbond substituents is 2. The van der Waals surface area contributed by atoms with Gasteiger partial charge >= 0.3 is 11.9 Å². The lowest BCUT2D eigenvalue weighted by molar-refractivity contribution is -0.136. The molecule has 0 aromatic heterocycles. The largest absolute Gasteiger partial charge is 0.504 e. The van der Waals surface area contributed by atoms with Crippen molar-refractivity contribution in [2.45, 2.75) is 12.8 Å². The molecule has 0 aliphatic rings. The molecule has 0 bridgehead atoms. The van der Waals surface area contributed by atoms with E-state index in [1.807, 2.05) is 12.1 Å². The number of rotatable bonds is 10. The molecule has 0 aliphatic heterocycles. The summed E-state index contributed by atoms with van der Waals surface area (Å²) >= 11 is 0. The highest BCUT2D eigenvalue weighted by Gasteiger charge is 2.31. The van der Waals surface area contributed by atoms with Crippen LogP contribution >= 0.6 is 0 Å². The molecule has 222 valence electrons. The van der Waals surface area contributed by atoms with Crippen molar-refractivity contribution in [3.05, 3.63) is 120 Å². The van der Waals surface area contributed by atoms with Crippen molar-refractivity contribution in [3.63, 3.8) is 0 Å². The number of esters is 2. The van der Waals surface area contributed by atoms with Crippen molar-refractivity contribution in [1.29, 1.82) is 0 Å². The summed E-state index contributed by atoms with van der Waals surface area (Å²) in [4.78, 5) is 26.8. The normalized spacial score (nSPS) is 10.6. The number of ether oxygens (including phenoxy) is 4. The number of methoxy groups -OCH3 is 2. The van der Waals surface area contributed by atoms with E-state index in [0.29, 0.717) is 33.8 Å². The number of carbonyl (C=O) groups is 2. The smallest absolute Gasteiger partial charge is 0.315 e. The summed E-state index contributed by atoms with van der Waals surface area (Å²) in [5.41, 5.74) is 2.08. The molecule has 0 saturated carbocycles. The molecule has 0 heterocycles. The van der Waals surface area contributed by atoms with E-state index in [1.54, 1.807) is 97.1 Å². The molecule has 8 nitrogen and oxygen atoms in total. The molecule has 2 N–H and O–H groups in total. The van der Waals surface area contributed by atoms with Crippen molar-refractivity contribution in [2.24, 2.45) is 0 Å². The van der Waals surface area contributed by atoms with Crippen LogP contribution in [0.15, 0.2) is 109 Å². The first kappa shape index (κ1) is 29.7. The van der Waals surface area contributed by atoms with E-state index < -0.39 is 23.4 Å². The number of benzene rings is 5. The quantitative estimate of drug-likeness (QED) is 0.104. The minimum atomic E-state index is -0.669. The van der Waals surface area contributed by atoms with Crippen LogP contribution in [0, 0.1) is 0 Å². The third-order valence-corrected chi connectivity index (χ3v) is 6.93. The van der Waals surface area contributed by atoms with Gasteiger partial charge in [-0.2, -0.15) is 0 Å². The zero-order chi connectivity index (χ0) is 31.1. The second-order valence-corrected chi connectivity index (χ2v) is 9.84. The minimum absolute atomic E-state index is 0.0358. The van der Waals surface area contributed by atoms with E-state index in [1.165, 1.54) is 14.2 Å². The maximum Gasteiger partial charge on any atom is 0.315 e. The van der Waals surface area contributed by atoms with Crippen LogP contribution in [0.1, 0.15) is 11.1 Å². The van der Waals surface area contributed by atoms with E-state index in [0.717, 1.165) is 0 Å². The molecule has 0 radical (unpaired) electrons. The molecule has 0 fully saturated rings. The van der Waals surface area contributed by atoms with E-state index in [2.05, 4.69) is 0 Å². The summed E-state index contributed by atoms with van der Waals surface area (Å²) in [5.74, 6) is -1.82. The topological polar surface area (TPSA) is 112 Å². The first-order chi connectivity index (χ1) is 21.4. The predicted octanol–water partition coefficient (Wildman–Crippen LogP) is 6.75. The number of aromatic hydroxyl groups is 2. The number of hydrogen-bond acceptors (Lipinski definition) is 8. The molecule has 5 aromatic carbocycles. The van der Waals surface area contributed by atoms with Crippen LogP contribution < -0.4 is 18.9 Å². The lowest BCUT2D eigenvalue weighted by Crippen LogP contribution is -2.16. The van der Waals surface area contributed by atoms with Crippen molar-refractivity contribution >= 4 is 11.9 Å². The van der Waals surface area contributed by atoms with Gasteiger partial charge in [-0.15, -0.1) is 0 Å². The van der Waals surface area contributed by atoms with Gasteiger partial charge in [0.05, 0.1) is 38.2 Å². The van der Waals surface area contributed by atoms with Crippen LogP contribution in [0.25, 0.3) is 22.3 Å². The fourth-order valence-electron chi connectivity index (χ4n) is 4.75. The Morgan fingerprint density at radius 2 is 0.864 bits per heavy atom. The van der Waals surface area contributed by atoms with Gasteiger partial charge in [0, 0.05) is 0 Å². The SMILES string of the molecule is COc1ccc(-c2c(O)c(O)c(-c3ccc(OC)cc3)c(OC(=O)Cc3ccccc3)c2OC(=O)Cc2ccccc2)cc1. The molecule has 0 atom stereocenters.